The van der Waals surface area contributed by atoms with Crippen molar-refractivity contribution in [3.8, 4) is 11.5 Å². The van der Waals surface area contributed by atoms with Crippen molar-refractivity contribution in [3.05, 3.63) is 60.7 Å². The third-order valence-electron chi connectivity index (χ3n) is 10.8. The summed E-state index contributed by atoms with van der Waals surface area (Å²) in [5.41, 5.74) is 2.73. The summed E-state index contributed by atoms with van der Waals surface area (Å²) in [6.07, 6.45) is 13.5. The van der Waals surface area contributed by atoms with Gasteiger partial charge in [0.1, 0.15) is 24.1 Å². The van der Waals surface area contributed by atoms with Gasteiger partial charge < -0.3 is 38.7 Å². The quantitative estimate of drug-likeness (QED) is 0.0810. The first-order valence-corrected chi connectivity index (χ1v) is 19.5. The maximum absolute atomic E-state index is 13.9. The number of aliphatic hydroxyl groups is 2. The van der Waals surface area contributed by atoms with Gasteiger partial charge in [-0.05, 0) is 87.5 Å². The molecule has 2 aliphatic heterocycles. The van der Waals surface area contributed by atoms with Crippen LogP contribution in [0.2, 0.25) is 0 Å². The maximum atomic E-state index is 13.9. The monoisotopic (exact) mass is 724 g/mol. The fourth-order valence-corrected chi connectivity index (χ4v) is 8.63. The molecule has 2 aliphatic carbocycles. The molecule has 52 heavy (non-hydrogen) atoms. The molecule has 0 radical (unpaired) electrons. The summed E-state index contributed by atoms with van der Waals surface area (Å²) < 4.78 is 31.9. The van der Waals surface area contributed by atoms with Crippen LogP contribution in [0.1, 0.15) is 96.0 Å². The lowest BCUT2D eigenvalue weighted by Gasteiger charge is -2.60. The van der Waals surface area contributed by atoms with E-state index in [9.17, 15) is 15.0 Å². The van der Waals surface area contributed by atoms with E-state index in [-0.39, 0.29) is 44.2 Å². The zero-order valence-electron chi connectivity index (χ0n) is 31.2. The number of ether oxygens (including phenoxy) is 5. The van der Waals surface area contributed by atoms with Crippen molar-refractivity contribution >= 4 is 11.8 Å². The highest BCUT2D eigenvalue weighted by molar-refractivity contribution is 6.03. The average molecular weight is 725 g/mol. The van der Waals surface area contributed by atoms with Gasteiger partial charge in [-0.25, -0.2) is 4.79 Å². The van der Waals surface area contributed by atoms with Crippen LogP contribution in [0.5, 0.6) is 11.5 Å². The van der Waals surface area contributed by atoms with Crippen molar-refractivity contribution in [3.63, 3.8) is 0 Å². The Morgan fingerprint density at radius 1 is 1.08 bits per heavy atom. The summed E-state index contributed by atoms with van der Waals surface area (Å²) in [4.78, 5) is 21.8. The first-order chi connectivity index (χ1) is 25.5. The Morgan fingerprint density at radius 2 is 1.87 bits per heavy atom. The fraction of sp³-hybridized carbons (Fsp3) is 0.659. The predicted octanol–water partition coefficient (Wildman–Crippen LogP) is 7.28. The van der Waals surface area contributed by atoms with Crippen LogP contribution in [0.25, 0.3) is 0 Å². The van der Waals surface area contributed by atoms with Crippen LogP contribution in [0, 0.1) is 17.8 Å². The number of benzene rings is 1. The smallest absolute Gasteiger partial charge is 0.410 e. The number of hydrogen-bond donors (Lipinski definition) is 2. The summed E-state index contributed by atoms with van der Waals surface area (Å²) in [5, 5.41) is 24.5. The molecule has 11 nitrogen and oxygen atoms in total. The highest BCUT2D eigenvalue weighted by atomic mass is 16.8. The first-order valence-electron chi connectivity index (χ1n) is 19.5. The first kappa shape index (κ1) is 39.8. The number of carbonyl (C=O) groups excluding carboxylic acids is 1. The molecule has 1 saturated heterocycles. The van der Waals surface area contributed by atoms with Crippen molar-refractivity contribution in [2.24, 2.45) is 22.9 Å². The summed E-state index contributed by atoms with van der Waals surface area (Å²) in [5.74, 6) is -0.222. The van der Waals surface area contributed by atoms with E-state index < -0.39 is 30.1 Å². The second-order valence-corrected chi connectivity index (χ2v) is 14.2. The van der Waals surface area contributed by atoms with Crippen LogP contribution >= 0.6 is 0 Å². The van der Waals surface area contributed by atoms with Gasteiger partial charge in [0, 0.05) is 44.1 Å². The molecular formula is C41H60N2O9. The summed E-state index contributed by atoms with van der Waals surface area (Å²) >= 11 is 0. The van der Waals surface area contributed by atoms with Gasteiger partial charge >= 0.3 is 6.09 Å². The van der Waals surface area contributed by atoms with E-state index in [1.807, 2.05) is 26.0 Å². The highest BCUT2D eigenvalue weighted by Gasteiger charge is 2.65. The van der Waals surface area contributed by atoms with E-state index >= 15 is 0 Å². The lowest BCUT2D eigenvalue weighted by molar-refractivity contribution is -0.255. The Morgan fingerprint density at radius 3 is 2.56 bits per heavy atom. The van der Waals surface area contributed by atoms with Gasteiger partial charge in [0.25, 0.3) is 0 Å². The molecule has 1 aromatic carbocycles. The number of oxime groups is 1. The van der Waals surface area contributed by atoms with Gasteiger partial charge in [0.15, 0.2) is 0 Å². The van der Waals surface area contributed by atoms with Crippen molar-refractivity contribution in [2.75, 3.05) is 46.2 Å². The lowest BCUT2D eigenvalue weighted by atomic mass is 9.55. The molecule has 1 unspecified atom stereocenters. The molecule has 2 N–H and O–H groups in total. The van der Waals surface area contributed by atoms with Crippen molar-refractivity contribution in [1.29, 1.82) is 0 Å². The van der Waals surface area contributed by atoms with Crippen molar-refractivity contribution in [1.82, 2.24) is 4.90 Å². The van der Waals surface area contributed by atoms with Gasteiger partial charge in [-0.3, -0.25) is 4.90 Å². The molecule has 4 aliphatic rings. The lowest BCUT2D eigenvalue weighted by Crippen LogP contribution is -2.70. The topological polar surface area (TPSA) is 129 Å². The standard InChI is InChI=1S/C41H60N2O9/c1-5-20-43(40(46)47-8-4)36-28-34(42-52-37-17-11-14-25-49-37)32-26-29(15-9-12-21-44)31(16-10-13-22-45)38-33-27-30(48-23-6-2)18-19-35(33)51-41(36,39(32)38)50-24-7-3/h6-7,18-19,26-27,29,31,36-39,44-45H,2-3,5,8-17,20-25,28H2,1,4H3/t29-,31+,36-,37?,38+,39+,41+/m0/s1. The van der Waals surface area contributed by atoms with E-state index in [1.165, 1.54) is 0 Å². The van der Waals surface area contributed by atoms with Crippen LogP contribution < -0.4 is 9.47 Å². The molecule has 2 heterocycles. The molecule has 11 heteroatoms. The maximum Gasteiger partial charge on any atom is 0.410 e. The van der Waals surface area contributed by atoms with Crippen molar-refractivity contribution < 1.29 is 43.5 Å². The largest absolute Gasteiger partial charge is 0.490 e. The summed E-state index contributed by atoms with van der Waals surface area (Å²) in [6, 6.07) is 5.31. The predicted molar refractivity (Wildman–Crippen MR) is 199 cm³/mol. The van der Waals surface area contributed by atoms with E-state index in [2.05, 4.69) is 25.3 Å². The molecular weight excluding hydrogens is 664 g/mol. The van der Waals surface area contributed by atoms with Crippen LogP contribution in [-0.2, 0) is 19.0 Å². The Kier molecular flexibility index (Phi) is 15.0. The van der Waals surface area contributed by atoms with Gasteiger partial charge in [0.05, 0.1) is 31.5 Å². The molecule has 0 bridgehead atoms. The second kappa shape index (κ2) is 19.6. The average Bonchev–Trinajstić information content (AvgIpc) is 3.16. The van der Waals surface area contributed by atoms with Gasteiger partial charge in [-0.2, -0.15) is 0 Å². The number of hydrogen-bond acceptors (Lipinski definition) is 10. The second-order valence-electron chi connectivity index (χ2n) is 14.2. The molecule has 2 fully saturated rings. The van der Waals surface area contributed by atoms with Gasteiger partial charge in [0.2, 0.25) is 12.1 Å². The normalized spacial score (nSPS) is 28.5. The molecule has 7 atom stereocenters. The molecule has 1 amide bonds. The van der Waals surface area contributed by atoms with Crippen LogP contribution in [0.15, 0.2) is 60.3 Å². The minimum absolute atomic E-state index is 0.118. The molecule has 1 aromatic rings. The summed E-state index contributed by atoms with van der Waals surface area (Å²) in [7, 11) is 0. The van der Waals surface area contributed by atoms with E-state index in [0.717, 1.165) is 61.8 Å². The number of unbranched alkanes of at least 4 members (excludes halogenated alkanes) is 2. The number of amides is 1. The van der Waals surface area contributed by atoms with Gasteiger partial charge in [-0.15, -0.1) is 6.58 Å². The zero-order chi connectivity index (χ0) is 36.9. The molecule has 0 aromatic heterocycles. The van der Waals surface area contributed by atoms with Crippen LogP contribution in [-0.4, -0.2) is 91.2 Å². The Hall–Kier alpha value is -3.38. The summed E-state index contributed by atoms with van der Waals surface area (Å²) in [6.45, 7) is 13.8. The molecule has 288 valence electrons. The minimum Gasteiger partial charge on any atom is -0.490 e. The molecule has 1 saturated carbocycles. The Bertz CT molecular complexity index is 1390. The minimum atomic E-state index is -1.32. The van der Waals surface area contributed by atoms with E-state index in [1.54, 1.807) is 17.1 Å². The SMILES string of the molecule is C=CCOc1ccc2c(c1)[C@H]1[C@H](CCCCO)[C@@H](CCCCO)C=C3C(=NOC4CCCCO4)C[C@H](N(CCC)C(=O)OCC)[C@@](OCC=C)(O2)[C@H]31. The fourth-order valence-electron chi connectivity index (χ4n) is 8.63. The van der Waals surface area contributed by atoms with E-state index in [0.29, 0.717) is 56.9 Å². The number of allylic oxidation sites excluding steroid dienone is 1. The van der Waals surface area contributed by atoms with E-state index in [4.69, 9.17) is 33.7 Å². The highest BCUT2D eigenvalue weighted by Crippen LogP contribution is 2.62. The van der Waals surface area contributed by atoms with Crippen molar-refractivity contribution in [2.45, 2.75) is 109 Å². The zero-order valence-corrected chi connectivity index (χ0v) is 31.2. The Labute approximate surface area is 309 Å². The number of nitrogens with zero attached hydrogens (tertiary/aromatic N) is 2. The number of rotatable bonds is 20. The molecule has 0 spiro atoms. The third kappa shape index (κ3) is 8.86. The number of aliphatic hydroxyl groups excluding tert-OH is 2. The third-order valence-corrected chi connectivity index (χ3v) is 10.8. The number of fused-ring (bicyclic) bond motifs is 2. The van der Waals surface area contributed by atoms with Crippen LogP contribution in [0.3, 0.4) is 0 Å². The van der Waals surface area contributed by atoms with Gasteiger partial charge in [-0.1, -0.05) is 49.7 Å². The Balaban J connectivity index is 1.76. The molecule has 5 rings (SSSR count). The number of carbonyl (C=O) groups is 1. The van der Waals surface area contributed by atoms with Crippen LogP contribution in [0.4, 0.5) is 4.79 Å².